The Morgan fingerprint density at radius 3 is 2.60 bits per heavy atom. The van der Waals surface area contributed by atoms with Gasteiger partial charge < -0.3 is 5.32 Å². The van der Waals surface area contributed by atoms with Crippen LogP contribution in [-0.2, 0) is 7.05 Å². The Labute approximate surface area is 178 Å². The maximum atomic E-state index is 13.9. The summed E-state index contributed by atoms with van der Waals surface area (Å²) in [5, 5.41) is 7.68. The van der Waals surface area contributed by atoms with E-state index < -0.39 is 5.82 Å². The Balaban J connectivity index is 1.60. The molecule has 0 fully saturated rings. The summed E-state index contributed by atoms with van der Waals surface area (Å²) in [6, 6.07) is 8.45. The number of nitrogens with one attached hydrogen (secondary N) is 1. The van der Waals surface area contributed by atoms with Crippen molar-refractivity contribution in [3.05, 3.63) is 77.3 Å². The van der Waals surface area contributed by atoms with E-state index in [9.17, 15) is 4.39 Å². The SMILES string of the molecule is Cc1nc(NC(C)c2cncc(-c3cnn(C)c3)c2)cc(-c2ccc(Cl)c(F)c2)n1. The fourth-order valence-corrected chi connectivity index (χ4v) is 3.29. The van der Waals surface area contributed by atoms with Crippen LogP contribution in [0.2, 0.25) is 5.02 Å². The summed E-state index contributed by atoms with van der Waals surface area (Å²) < 4.78 is 15.6. The summed E-state index contributed by atoms with van der Waals surface area (Å²) in [5.74, 6) is 0.749. The molecule has 6 nitrogen and oxygen atoms in total. The predicted octanol–water partition coefficient (Wildman–Crippen LogP) is 5.21. The molecule has 152 valence electrons. The third-order valence-corrected chi connectivity index (χ3v) is 5.02. The van der Waals surface area contributed by atoms with Gasteiger partial charge in [0.25, 0.3) is 0 Å². The number of aromatic nitrogens is 5. The molecule has 3 aromatic heterocycles. The summed E-state index contributed by atoms with van der Waals surface area (Å²) in [5.41, 5.74) is 4.26. The zero-order chi connectivity index (χ0) is 21.3. The minimum atomic E-state index is -0.480. The second-order valence-corrected chi connectivity index (χ2v) is 7.50. The largest absolute Gasteiger partial charge is 0.363 e. The molecule has 0 aliphatic carbocycles. The van der Waals surface area contributed by atoms with Crippen LogP contribution in [0.3, 0.4) is 0 Å². The van der Waals surface area contributed by atoms with Gasteiger partial charge in [-0.15, -0.1) is 0 Å². The molecular formula is C22H20ClFN6. The van der Waals surface area contributed by atoms with E-state index in [2.05, 4.69) is 31.4 Å². The number of rotatable bonds is 5. The van der Waals surface area contributed by atoms with Gasteiger partial charge in [-0.2, -0.15) is 5.10 Å². The van der Waals surface area contributed by atoms with Crippen LogP contribution in [0.1, 0.15) is 24.4 Å². The van der Waals surface area contributed by atoms with Crippen molar-refractivity contribution in [3.63, 3.8) is 0 Å². The molecule has 1 atom stereocenters. The number of anilines is 1. The van der Waals surface area contributed by atoms with Crippen LogP contribution in [-0.4, -0.2) is 24.7 Å². The molecule has 0 saturated carbocycles. The molecular weight excluding hydrogens is 403 g/mol. The van der Waals surface area contributed by atoms with Crippen LogP contribution in [0.5, 0.6) is 0 Å². The van der Waals surface area contributed by atoms with Crippen molar-refractivity contribution in [3.8, 4) is 22.4 Å². The zero-order valence-corrected chi connectivity index (χ0v) is 17.5. The van der Waals surface area contributed by atoms with Crippen LogP contribution >= 0.6 is 11.6 Å². The molecule has 0 aliphatic rings. The minimum absolute atomic E-state index is 0.0572. The topological polar surface area (TPSA) is 68.5 Å². The van der Waals surface area contributed by atoms with E-state index >= 15 is 0 Å². The fraction of sp³-hybridized carbons (Fsp3) is 0.182. The second-order valence-electron chi connectivity index (χ2n) is 7.09. The summed E-state index contributed by atoms with van der Waals surface area (Å²) in [6.07, 6.45) is 7.39. The second kappa shape index (κ2) is 8.20. The molecule has 1 aromatic carbocycles. The third-order valence-electron chi connectivity index (χ3n) is 4.72. The number of halogens is 2. The Hall–Kier alpha value is -3.32. The van der Waals surface area contributed by atoms with Crippen molar-refractivity contribution in [1.29, 1.82) is 0 Å². The van der Waals surface area contributed by atoms with Gasteiger partial charge in [0.1, 0.15) is 17.5 Å². The van der Waals surface area contributed by atoms with Crippen molar-refractivity contribution >= 4 is 17.4 Å². The maximum Gasteiger partial charge on any atom is 0.142 e. The normalized spacial score (nSPS) is 12.0. The van der Waals surface area contributed by atoms with Crippen LogP contribution in [0.15, 0.2) is 55.1 Å². The first kappa shape index (κ1) is 20.0. The van der Waals surface area contributed by atoms with Crippen molar-refractivity contribution < 1.29 is 4.39 Å². The first-order valence-corrected chi connectivity index (χ1v) is 9.78. The number of hydrogen-bond acceptors (Lipinski definition) is 5. The first-order valence-electron chi connectivity index (χ1n) is 9.40. The molecule has 3 heterocycles. The summed E-state index contributed by atoms with van der Waals surface area (Å²) in [6.45, 7) is 3.83. The Morgan fingerprint density at radius 2 is 1.87 bits per heavy atom. The smallest absolute Gasteiger partial charge is 0.142 e. The van der Waals surface area contributed by atoms with Gasteiger partial charge in [0.05, 0.1) is 23.0 Å². The summed E-state index contributed by atoms with van der Waals surface area (Å²) in [7, 11) is 1.88. The molecule has 0 aliphatic heterocycles. The van der Waals surface area contributed by atoms with Crippen LogP contribution in [0.25, 0.3) is 22.4 Å². The van der Waals surface area contributed by atoms with Crippen molar-refractivity contribution in [2.45, 2.75) is 19.9 Å². The van der Waals surface area contributed by atoms with Crippen LogP contribution in [0, 0.1) is 12.7 Å². The Bertz CT molecular complexity index is 1210. The minimum Gasteiger partial charge on any atom is -0.363 e. The quantitative estimate of drug-likeness (QED) is 0.478. The standard InChI is InChI=1S/C22H20ClFN6/c1-13(16-6-17(10-25-9-16)18-11-26-30(3)12-18)27-22-8-21(28-14(2)29-22)15-4-5-19(23)20(24)7-15/h4-13H,1-3H3,(H,27,28,29). The van der Waals surface area contributed by atoms with E-state index in [1.807, 2.05) is 38.8 Å². The molecule has 1 unspecified atom stereocenters. The van der Waals surface area contributed by atoms with E-state index in [4.69, 9.17) is 11.6 Å². The van der Waals surface area contributed by atoms with E-state index in [1.165, 1.54) is 12.1 Å². The molecule has 0 saturated heterocycles. The highest BCUT2D eigenvalue weighted by atomic mass is 35.5. The van der Waals surface area contributed by atoms with Gasteiger partial charge in [-0.3, -0.25) is 9.67 Å². The molecule has 1 N–H and O–H groups in total. The van der Waals surface area contributed by atoms with Gasteiger partial charge in [0.15, 0.2) is 0 Å². The van der Waals surface area contributed by atoms with E-state index in [1.54, 1.807) is 23.7 Å². The van der Waals surface area contributed by atoms with E-state index in [0.717, 1.165) is 16.7 Å². The predicted molar refractivity (Wildman–Crippen MR) is 116 cm³/mol. The van der Waals surface area contributed by atoms with Crippen molar-refractivity contribution in [2.24, 2.45) is 7.05 Å². The van der Waals surface area contributed by atoms with Crippen LogP contribution in [0.4, 0.5) is 10.2 Å². The number of aryl methyl sites for hydroxylation is 2. The summed E-state index contributed by atoms with van der Waals surface area (Å²) in [4.78, 5) is 13.3. The molecule has 0 radical (unpaired) electrons. The molecule has 0 spiro atoms. The van der Waals surface area contributed by atoms with Gasteiger partial charge >= 0.3 is 0 Å². The zero-order valence-electron chi connectivity index (χ0n) is 16.8. The van der Waals surface area contributed by atoms with Crippen molar-refractivity contribution in [1.82, 2.24) is 24.7 Å². The number of hydrogen-bond donors (Lipinski definition) is 1. The average Bonchev–Trinajstić information content (AvgIpc) is 3.16. The number of benzene rings is 1. The van der Waals surface area contributed by atoms with Gasteiger partial charge in [-0.25, -0.2) is 14.4 Å². The third kappa shape index (κ3) is 4.31. The molecule has 8 heteroatoms. The highest BCUT2D eigenvalue weighted by Crippen LogP contribution is 2.27. The van der Waals surface area contributed by atoms with Gasteiger partial charge in [-0.05, 0) is 37.6 Å². The lowest BCUT2D eigenvalue weighted by Crippen LogP contribution is -2.09. The summed E-state index contributed by atoms with van der Waals surface area (Å²) >= 11 is 5.79. The molecule has 0 amide bonds. The van der Waals surface area contributed by atoms with Crippen LogP contribution < -0.4 is 5.32 Å². The van der Waals surface area contributed by atoms with E-state index in [0.29, 0.717) is 22.9 Å². The lowest BCUT2D eigenvalue weighted by molar-refractivity contribution is 0.628. The lowest BCUT2D eigenvalue weighted by atomic mass is 10.1. The lowest BCUT2D eigenvalue weighted by Gasteiger charge is -2.16. The molecule has 4 aromatic rings. The molecule has 30 heavy (non-hydrogen) atoms. The highest BCUT2D eigenvalue weighted by Gasteiger charge is 2.12. The monoisotopic (exact) mass is 422 g/mol. The average molecular weight is 423 g/mol. The molecule has 0 bridgehead atoms. The van der Waals surface area contributed by atoms with Gasteiger partial charge in [0.2, 0.25) is 0 Å². The highest BCUT2D eigenvalue weighted by molar-refractivity contribution is 6.30. The van der Waals surface area contributed by atoms with Crippen molar-refractivity contribution in [2.75, 3.05) is 5.32 Å². The van der Waals surface area contributed by atoms with Gasteiger partial charge in [-0.1, -0.05) is 17.7 Å². The number of pyridine rings is 1. The maximum absolute atomic E-state index is 13.9. The Kier molecular flexibility index (Phi) is 5.46. The first-order chi connectivity index (χ1) is 14.4. The fourth-order valence-electron chi connectivity index (χ4n) is 3.17. The Morgan fingerprint density at radius 1 is 1.03 bits per heavy atom. The number of nitrogens with zero attached hydrogens (tertiary/aromatic N) is 5. The van der Waals surface area contributed by atoms with Gasteiger partial charge in [0, 0.05) is 48.4 Å². The molecule has 4 rings (SSSR count). The van der Waals surface area contributed by atoms with E-state index in [-0.39, 0.29) is 11.1 Å².